The van der Waals surface area contributed by atoms with Crippen molar-refractivity contribution in [2.24, 2.45) is 0 Å². The Morgan fingerprint density at radius 3 is 2.27 bits per heavy atom. The lowest BCUT2D eigenvalue weighted by Gasteiger charge is -2.28. The molecule has 6 nitrogen and oxygen atoms in total. The van der Waals surface area contributed by atoms with E-state index in [1.807, 2.05) is 0 Å². The average Bonchev–Trinajstić information content (AvgIpc) is 2.73. The maximum absolute atomic E-state index is 14.4. The fraction of sp³-hybridized carbons (Fsp3) is 0.409. The van der Waals surface area contributed by atoms with Gasteiger partial charge in [0.05, 0.1) is 12.2 Å². The molecule has 2 aromatic rings. The highest BCUT2D eigenvalue weighted by atomic mass is 32.2. The molecule has 162 valence electrons. The fourth-order valence-corrected chi connectivity index (χ4v) is 4.69. The smallest absolute Gasteiger partial charge is 0.303 e. The lowest BCUT2D eigenvalue weighted by Crippen LogP contribution is -2.40. The molecule has 0 bridgehead atoms. The van der Waals surface area contributed by atoms with E-state index in [1.165, 1.54) is 38.7 Å². The minimum absolute atomic E-state index is 0.0229. The van der Waals surface area contributed by atoms with Crippen LogP contribution in [0.25, 0.3) is 0 Å². The highest BCUT2D eigenvalue weighted by molar-refractivity contribution is 7.90. The van der Waals surface area contributed by atoms with Crippen LogP contribution in [0.4, 0.5) is 10.1 Å². The number of hydrogen-bond acceptors (Lipinski definition) is 3. The van der Waals surface area contributed by atoms with Crippen LogP contribution in [0.15, 0.2) is 48.5 Å². The number of para-hydroxylation sites is 1. The minimum Gasteiger partial charge on any atom is -0.349 e. The van der Waals surface area contributed by atoms with Gasteiger partial charge in [-0.1, -0.05) is 43.5 Å². The molecule has 0 unspecified atom stereocenters. The molecule has 0 saturated heterocycles. The molecule has 0 radical (unpaired) electrons. The van der Waals surface area contributed by atoms with E-state index in [9.17, 15) is 17.6 Å². The molecule has 3 rings (SSSR count). The van der Waals surface area contributed by atoms with Crippen molar-refractivity contribution < 1.29 is 17.6 Å². The third-order valence-corrected chi connectivity index (χ3v) is 7.15. The minimum atomic E-state index is -3.91. The van der Waals surface area contributed by atoms with Gasteiger partial charge in [0.1, 0.15) is 5.82 Å². The van der Waals surface area contributed by atoms with E-state index in [1.54, 1.807) is 30.3 Å². The van der Waals surface area contributed by atoms with Crippen LogP contribution < -0.4 is 9.62 Å². The Bertz CT molecular complexity index is 971. The van der Waals surface area contributed by atoms with E-state index >= 15 is 0 Å². The average molecular weight is 434 g/mol. The van der Waals surface area contributed by atoms with Crippen LogP contribution in [0.1, 0.15) is 48.0 Å². The first-order chi connectivity index (χ1) is 14.3. The summed E-state index contributed by atoms with van der Waals surface area (Å²) in [7, 11) is -1.10. The summed E-state index contributed by atoms with van der Waals surface area (Å²) >= 11 is 0. The second kappa shape index (κ2) is 9.57. The van der Waals surface area contributed by atoms with Gasteiger partial charge in [-0.15, -0.1) is 0 Å². The Morgan fingerprint density at radius 1 is 1.03 bits per heavy atom. The summed E-state index contributed by atoms with van der Waals surface area (Å²) in [6.45, 7) is -0.0496. The van der Waals surface area contributed by atoms with Gasteiger partial charge in [0.2, 0.25) is 0 Å². The molecule has 1 aliphatic carbocycles. The molecule has 2 aromatic carbocycles. The van der Waals surface area contributed by atoms with Crippen LogP contribution in [0.2, 0.25) is 0 Å². The molecule has 1 N–H and O–H groups in total. The number of amides is 1. The van der Waals surface area contributed by atoms with E-state index in [0.717, 1.165) is 34.3 Å². The summed E-state index contributed by atoms with van der Waals surface area (Å²) in [6.07, 6.45) is 5.50. The number of rotatable bonds is 7. The fourth-order valence-electron chi connectivity index (χ4n) is 3.59. The zero-order chi connectivity index (χ0) is 21.7. The predicted octanol–water partition coefficient (Wildman–Crippen LogP) is 3.70. The van der Waals surface area contributed by atoms with E-state index in [-0.39, 0.29) is 24.2 Å². The molecule has 0 aromatic heterocycles. The van der Waals surface area contributed by atoms with Gasteiger partial charge in [0, 0.05) is 25.7 Å². The van der Waals surface area contributed by atoms with Gasteiger partial charge in [0.25, 0.3) is 5.91 Å². The van der Waals surface area contributed by atoms with E-state index in [0.29, 0.717) is 11.1 Å². The number of hydrogen-bond donors (Lipinski definition) is 1. The first-order valence-electron chi connectivity index (χ1n) is 10.1. The Morgan fingerprint density at radius 2 is 1.67 bits per heavy atom. The number of nitrogens with one attached hydrogen (secondary N) is 1. The summed E-state index contributed by atoms with van der Waals surface area (Å²) in [5.74, 6) is -0.744. The topological polar surface area (TPSA) is 69.7 Å². The summed E-state index contributed by atoms with van der Waals surface area (Å²) in [6, 6.07) is 12.7. The van der Waals surface area contributed by atoms with E-state index in [4.69, 9.17) is 0 Å². The standard InChI is InChI=1S/C22H28FN3O3S/c1-25(2)30(28,29)26(21-11-7-6-10-20(21)23)16-17-12-14-18(15-13-17)22(27)24-19-8-4-3-5-9-19/h6-7,10-15,19H,3-5,8-9,16H2,1-2H3,(H,24,27). The van der Waals surface area contributed by atoms with Gasteiger partial charge in [-0.05, 0) is 42.7 Å². The van der Waals surface area contributed by atoms with Crippen molar-refractivity contribution in [3.63, 3.8) is 0 Å². The van der Waals surface area contributed by atoms with Crippen LogP contribution in [0, 0.1) is 5.82 Å². The van der Waals surface area contributed by atoms with Gasteiger partial charge in [-0.25, -0.2) is 4.39 Å². The summed E-state index contributed by atoms with van der Waals surface area (Å²) in [5.41, 5.74) is 1.15. The summed E-state index contributed by atoms with van der Waals surface area (Å²) in [4.78, 5) is 12.5. The number of halogens is 1. The summed E-state index contributed by atoms with van der Waals surface area (Å²) in [5, 5.41) is 3.07. The monoisotopic (exact) mass is 433 g/mol. The van der Waals surface area contributed by atoms with Gasteiger partial charge in [-0.2, -0.15) is 12.7 Å². The highest BCUT2D eigenvalue weighted by Crippen LogP contribution is 2.25. The number of carbonyl (C=O) groups is 1. The normalized spacial score (nSPS) is 15.2. The first-order valence-corrected chi connectivity index (χ1v) is 11.5. The second-order valence-corrected chi connectivity index (χ2v) is 9.82. The van der Waals surface area contributed by atoms with Crippen LogP contribution in [-0.4, -0.2) is 38.8 Å². The molecule has 1 aliphatic rings. The lowest BCUT2D eigenvalue weighted by atomic mass is 9.95. The van der Waals surface area contributed by atoms with Crippen LogP contribution in [0.5, 0.6) is 0 Å². The number of carbonyl (C=O) groups excluding carboxylic acids is 1. The molecule has 0 atom stereocenters. The van der Waals surface area contributed by atoms with E-state index < -0.39 is 16.0 Å². The van der Waals surface area contributed by atoms with Gasteiger partial charge >= 0.3 is 10.2 Å². The zero-order valence-electron chi connectivity index (χ0n) is 17.3. The molecule has 1 saturated carbocycles. The largest absolute Gasteiger partial charge is 0.349 e. The quantitative estimate of drug-likeness (QED) is 0.724. The molecule has 1 amide bonds. The number of nitrogens with zero attached hydrogens (tertiary/aromatic N) is 2. The van der Waals surface area contributed by atoms with Crippen molar-refractivity contribution >= 4 is 21.8 Å². The number of anilines is 1. The summed E-state index contributed by atoms with van der Waals surface area (Å²) < 4.78 is 42.0. The Labute approximate surface area is 177 Å². The maximum Gasteiger partial charge on any atom is 0.303 e. The van der Waals surface area contributed by atoms with Gasteiger partial charge in [0.15, 0.2) is 0 Å². The lowest BCUT2D eigenvalue weighted by molar-refractivity contribution is 0.0927. The van der Waals surface area contributed by atoms with Crippen LogP contribution in [-0.2, 0) is 16.8 Å². The second-order valence-electron chi connectivity index (χ2n) is 7.75. The molecule has 1 fully saturated rings. The van der Waals surface area contributed by atoms with Crippen molar-refractivity contribution in [3.05, 3.63) is 65.5 Å². The van der Waals surface area contributed by atoms with Crippen molar-refractivity contribution in [2.45, 2.75) is 44.7 Å². The molecule has 8 heteroatoms. The van der Waals surface area contributed by atoms with Crippen LogP contribution in [0.3, 0.4) is 0 Å². The highest BCUT2D eigenvalue weighted by Gasteiger charge is 2.27. The van der Waals surface area contributed by atoms with Crippen molar-refractivity contribution in [1.29, 1.82) is 0 Å². The third-order valence-electron chi connectivity index (χ3n) is 5.34. The predicted molar refractivity (Wildman–Crippen MR) is 116 cm³/mol. The molecular formula is C22H28FN3O3S. The Kier molecular flexibility index (Phi) is 7.10. The van der Waals surface area contributed by atoms with Crippen molar-refractivity contribution in [2.75, 3.05) is 18.4 Å². The molecular weight excluding hydrogens is 405 g/mol. The number of benzene rings is 2. The molecule has 0 heterocycles. The van der Waals surface area contributed by atoms with Gasteiger partial charge < -0.3 is 5.32 Å². The first kappa shape index (κ1) is 22.2. The molecule has 0 spiro atoms. The van der Waals surface area contributed by atoms with Crippen molar-refractivity contribution in [1.82, 2.24) is 9.62 Å². The molecule has 0 aliphatic heterocycles. The SMILES string of the molecule is CN(C)S(=O)(=O)N(Cc1ccc(C(=O)NC2CCCCC2)cc1)c1ccccc1F. The third kappa shape index (κ3) is 5.17. The van der Waals surface area contributed by atoms with Crippen LogP contribution >= 0.6 is 0 Å². The molecule has 30 heavy (non-hydrogen) atoms. The van der Waals surface area contributed by atoms with Gasteiger partial charge in [-0.3, -0.25) is 9.10 Å². The van der Waals surface area contributed by atoms with Crippen molar-refractivity contribution in [3.8, 4) is 0 Å². The zero-order valence-corrected chi connectivity index (χ0v) is 18.2. The van der Waals surface area contributed by atoms with E-state index in [2.05, 4.69) is 5.32 Å². The Hall–Kier alpha value is -2.45. The maximum atomic E-state index is 14.4. The Balaban J connectivity index is 1.78.